The van der Waals surface area contributed by atoms with E-state index in [0.29, 0.717) is 11.4 Å². The number of anilines is 1. The third-order valence-electron chi connectivity index (χ3n) is 3.29. The van der Waals surface area contributed by atoms with Gasteiger partial charge < -0.3 is 5.32 Å². The minimum Gasteiger partial charge on any atom is -0.337 e. The van der Waals surface area contributed by atoms with E-state index >= 15 is 0 Å². The van der Waals surface area contributed by atoms with Crippen LogP contribution in [-0.2, 0) is 0 Å². The molecule has 0 fully saturated rings. The average Bonchev–Trinajstić information content (AvgIpc) is 2.95. The van der Waals surface area contributed by atoms with Crippen molar-refractivity contribution in [3.05, 3.63) is 35.9 Å². The zero-order chi connectivity index (χ0) is 19.3. The number of aromatic nitrogens is 3. The van der Waals surface area contributed by atoms with Crippen molar-refractivity contribution in [1.82, 2.24) is 20.1 Å². The fourth-order valence-corrected chi connectivity index (χ4v) is 3.02. The van der Waals surface area contributed by atoms with Gasteiger partial charge >= 0.3 is 11.5 Å². The number of hydrogen-bond acceptors (Lipinski definition) is 4. The maximum absolute atomic E-state index is 12.4. The van der Waals surface area contributed by atoms with Crippen LogP contribution in [-0.4, -0.2) is 44.6 Å². The molecule has 2 heterocycles. The molecule has 11 heteroatoms. The van der Waals surface area contributed by atoms with Gasteiger partial charge in [-0.15, -0.1) is 0 Å². The molecule has 1 N–H and O–H groups in total. The predicted octanol–water partition coefficient (Wildman–Crippen LogP) is 4.10. The van der Waals surface area contributed by atoms with E-state index in [9.17, 15) is 18.0 Å². The van der Waals surface area contributed by atoms with Crippen LogP contribution >= 0.6 is 23.4 Å². The summed E-state index contributed by atoms with van der Waals surface area (Å²) in [6, 6.07) is 2.95. The molecule has 0 radical (unpaired) electrons. The van der Waals surface area contributed by atoms with Crippen molar-refractivity contribution in [2.75, 3.05) is 18.0 Å². The van der Waals surface area contributed by atoms with Crippen molar-refractivity contribution in [3.63, 3.8) is 0 Å². The number of nitrogens with zero attached hydrogens (tertiary/aromatic N) is 4. The van der Waals surface area contributed by atoms with Gasteiger partial charge in [0.05, 0.1) is 18.1 Å². The molecule has 6 nitrogen and oxygen atoms in total. The number of halogens is 4. The number of hydrogen-bond donors (Lipinski definition) is 1. The molecule has 2 rings (SSSR count). The van der Waals surface area contributed by atoms with Crippen LogP contribution in [0.15, 0.2) is 30.7 Å². The van der Waals surface area contributed by atoms with Crippen molar-refractivity contribution in [1.29, 1.82) is 0 Å². The zero-order valence-electron chi connectivity index (χ0n) is 14.0. The second kappa shape index (κ2) is 8.63. The molecule has 2 aromatic rings. The first-order valence-corrected chi connectivity index (χ1v) is 8.92. The predicted molar refractivity (Wildman–Crippen MR) is 95.9 cm³/mol. The summed E-state index contributed by atoms with van der Waals surface area (Å²) in [5.41, 5.74) is -3.33. The Bertz CT molecular complexity index is 741. The van der Waals surface area contributed by atoms with E-state index in [4.69, 9.17) is 11.6 Å². The number of amides is 2. The van der Waals surface area contributed by atoms with Crippen molar-refractivity contribution < 1.29 is 18.0 Å². The first kappa shape index (κ1) is 20.4. The topological polar surface area (TPSA) is 63.1 Å². The van der Waals surface area contributed by atoms with Gasteiger partial charge in [0.1, 0.15) is 5.69 Å². The van der Waals surface area contributed by atoms with Gasteiger partial charge in [-0.1, -0.05) is 18.5 Å². The third-order valence-corrected chi connectivity index (χ3v) is 4.40. The fourth-order valence-electron chi connectivity index (χ4n) is 2.17. The Morgan fingerprint density at radius 1 is 1.50 bits per heavy atom. The van der Waals surface area contributed by atoms with Crippen LogP contribution in [0.1, 0.15) is 13.8 Å². The summed E-state index contributed by atoms with van der Waals surface area (Å²) in [7, 11) is 0. The molecule has 1 atom stereocenters. The van der Waals surface area contributed by atoms with E-state index in [1.54, 1.807) is 37.6 Å². The van der Waals surface area contributed by atoms with Crippen LogP contribution in [0.4, 0.5) is 23.7 Å². The van der Waals surface area contributed by atoms with Gasteiger partial charge in [-0.25, -0.2) is 9.48 Å². The van der Waals surface area contributed by atoms with Gasteiger partial charge in [0.15, 0.2) is 5.15 Å². The Kier molecular flexibility index (Phi) is 6.76. The molecular formula is C15H17ClF3N5OS. The van der Waals surface area contributed by atoms with Crippen LogP contribution in [0.5, 0.6) is 0 Å². The van der Waals surface area contributed by atoms with Gasteiger partial charge in [0.2, 0.25) is 0 Å². The molecule has 26 heavy (non-hydrogen) atoms. The van der Waals surface area contributed by atoms with Crippen LogP contribution < -0.4 is 10.2 Å². The Morgan fingerprint density at radius 3 is 2.81 bits per heavy atom. The highest BCUT2D eigenvalue weighted by molar-refractivity contribution is 8.00. The largest absolute Gasteiger partial charge is 0.442 e. The maximum atomic E-state index is 12.4. The quantitative estimate of drug-likeness (QED) is 0.783. The van der Waals surface area contributed by atoms with E-state index in [1.807, 2.05) is 0 Å². The number of thioether (sulfide) groups is 1. The van der Waals surface area contributed by atoms with Gasteiger partial charge in [-0.2, -0.15) is 18.3 Å². The minimum absolute atomic E-state index is 0.101. The molecule has 0 saturated carbocycles. The normalized spacial score (nSPS) is 12.7. The molecule has 0 aliphatic rings. The summed E-state index contributed by atoms with van der Waals surface area (Å²) < 4.78 is 38.5. The fraction of sp³-hybridized carbons (Fsp3) is 0.400. The third kappa shape index (κ3) is 5.53. The monoisotopic (exact) mass is 407 g/mol. The highest BCUT2D eigenvalue weighted by Crippen LogP contribution is 2.33. The van der Waals surface area contributed by atoms with Crippen LogP contribution in [0.2, 0.25) is 5.15 Å². The summed E-state index contributed by atoms with van der Waals surface area (Å²) in [6.07, 6.45) is 4.76. The van der Waals surface area contributed by atoms with Crippen molar-refractivity contribution >= 4 is 35.1 Å². The van der Waals surface area contributed by atoms with Gasteiger partial charge in [0.25, 0.3) is 0 Å². The van der Waals surface area contributed by atoms with E-state index in [1.165, 1.54) is 16.5 Å². The summed E-state index contributed by atoms with van der Waals surface area (Å²) in [5.74, 6) is 0. The molecule has 2 aromatic heterocycles. The molecule has 0 aliphatic carbocycles. The Hall–Kier alpha value is -1.94. The van der Waals surface area contributed by atoms with Crippen molar-refractivity contribution in [3.8, 4) is 5.69 Å². The van der Waals surface area contributed by atoms with Crippen LogP contribution in [0.3, 0.4) is 0 Å². The molecule has 2 amide bonds. The van der Waals surface area contributed by atoms with Crippen LogP contribution in [0.25, 0.3) is 5.69 Å². The van der Waals surface area contributed by atoms with E-state index in [-0.39, 0.29) is 30.0 Å². The first-order valence-electron chi connectivity index (χ1n) is 7.66. The lowest BCUT2D eigenvalue weighted by Crippen LogP contribution is -2.42. The zero-order valence-corrected chi connectivity index (χ0v) is 15.6. The Morgan fingerprint density at radius 2 is 2.23 bits per heavy atom. The van der Waals surface area contributed by atoms with E-state index in [2.05, 4.69) is 15.4 Å². The molecule has 0 spiro atoms. The SMILES string of the molecule is CCN(C(=O)NCC(C)SC(F)(F)F)c1cn(-c2cccnc2)nc1Cl. The Labute approximate surface area is 157 Å². The number of urea groups is 1. The standard InChI is InChI=1S/C15H17ClF3N5OS/c1-3-23(14(25)21-7-10(2)26-15(17,18)19)12-9-24(22-13(12)16)11-5-4-6-20-8-11/h4-6,8-10H,3,7H2,1-2H3,(H,21,25). The molecule has 142 valence electrons. The second-order valence-electron chi connectivity index (χ2n) is 5.27. The van der Waals surface area contributed by atoms with Gasteiger partial charge in [-0.05, 0) is 30.8 Å². The average molecular weight is 408 g/mol. The molecule has 0 aromatic carbocycles. The summed E-state index contributed by atoms with van der Waals surface area (Å²) in [4.78, 5) is 17.7. The van der Waals surface area contributed by atoms with Crippen molar-refractivity contribution in [2.24, 2.45) is 0 Å². The summed E-state index contributed by atoms with van der Waals surface area (Å²) in [5, 5.41) is 5.92. The van der Waals surface area contributed by atoms with E-state index < -0.39 is 16.8 Å². The van der Waals surface area contributed by atoms with E-state index in [0.717, 1.165) is 0 Å². The number of nitrogens with one attached hydrogen (secondary N) is 1. The number of carbonyl (C=O) groups excluding carboxylic acids is 1. The Balaban J connectivity index is 2.08. The smallest absolute Gasteiger partial charge is 0.337 e. The molecule has 0 saturated heterocycles. The molecular weight excluding hydrogens is 391 g/mol. The lowest BCUT2D eigenvalue weighted by atomic mass is 10.4. The highest BCUT2D eigenvalue weighted by atomic mass is 35.5. The lowest BCUT2D eigenvalue weighted by Gasteiger charge is -2.21. The van der Waals surface area contributed by atoms with Gasteiger partial charge in [-0.3, -0.25) is 9.88 Å². The summed E-state index contributed by atoms with van der Waals surface area (Å²) in [6.45, 7) is 3.26. The second-order valence-corrected chi connectivity index (χ2v) is 7.13. The van der Waals surface area contributed by atoms with Gasteiger partial charge in [0, 0.05) is 24.5 Å². The molecule has 1 unspecified atom stereocenters. The molecule has 0 aliphatic heterocycles. The van der Waals surface area contributed by atoms with Crippen LogP contribution in [0, 0.1) is 0 Å². The highest BCUT2D eigenvalue weighted by Gasteiger charge is 2.31. The summed E-state index contributed by atoms with van der Waals surface area (Å²) >= 11 is 5.97. The number of rotatable bonds is 6. The lowest BCUT2D eigenvalue weighted by molar-refractivity contribution is -0.0332. The maximum Gasteiger partial charge on any atom is 0.442 e. The number of alkyl halides is 3. The number of pyridine rings is 1. The van der Waals surface area contributed by atoms with Crippen molar-refractivity contribution in [2.45, 2.75) is 24.6 Å². The minimum atomic E-state index is -4.34. The first-order chi connectivity index (χ1) is 12.2. The molecule has 0 bridgehead atoms. The number of carbonyl (C=O) groups is 1.